The van der Waals surface area contributed by atoms with Crippen molar-refractivity contribution in [1.82, 2.24) is 4.90 Å². The molecule has 0 aliphatic carbocycles. The summed E-state index contributed by atoms with van der Waals surface area (Å²) in [6.45, 7) is 3.22. The predicted molar refractivity (Wildman–Crippen MR) is 109 cm³/mol. The Bertz CT molecular complexity index is 807. The highest BCUT2D eigenvalue weighted by Gasteiger charge is 2.27. The van der Waals surface area contributed by atoms with E-state index in [4.69, 9.17) is 0 Å². The Morgan fingerprint density at radius 3 is 2.30 bits per heavy atom. The Balaban J connectivity index is 1.54. The second-order valence-electron chi connectivity index (χ2n) is 7.37. The quantitative estimate of drug-likeness (QED) is 0.901. The molecule has 0 atom stereocenters. The number of nitrogens with one attached hydrogen (secondary N) is 1. The van der Waals surface area contributed by atoms with E-state index in [-0.39, 0.29) is 17.7 Å². The largest absolute Gasteiger partial charge is 0.378 e. The zero-order chi connectivity index (χ0) is 19.4. The third kappa shape index (κ3) is 4.67. The molecule has 2 amide bonds. The number of piperidine rings is 1. The Morgan fingerprint density at radius 2 is 1.70 bits per heavy atom. The average Bonchev–Trinajstić information content (AvgIpc) is 2.68. The van der Waals surface area contributed by atoms with Gasteiger partial charge in [0.1, 0.15) is 0 Å². The molecule has 1 saturated heterocycles. The maximum atomic E-state index is 12.6. The zero-order valence-electron chi connectivity index (χ0n) is 16.2. The van der Waals surface area contributed by atoms with Gasteiger partial charge in [0.25, 0.3) is 5.91 Å². The van der Waals surface area contributed by atoms with Gasteiger partial charge in [-0.2, -0.15) is 0 Å². The highest BCUT2D eigenvalue weighted by molar-refractivity contribution is 5.95. The lowest BCUT2D eigenvalue weighted by Gasteiger charge is -2.31. The second kappa shape index (κ2) is 8.25. The van der Waals surface area contributed by atoms with Crippen molar-refractivity contribution >= 4 is 23.2 Å². The third-order valence-electron chi connectivity index (χ3n) is 5.07. The summed E-state index contributed by atoms with van der Waals surface area (Å²) in [6, 6.07) is 15.5. The molecule has 2 aromatic rings. The molecule has 0 bridgehead atoms. The number of benzene rings is 2. The molecule has 0 unspecified atom stereocenters. The van der Waals surface area contributed by atoms with Crippen LogP contribution in [0.25, 0.3) is 0 Å². The fourth-order valence-electron chi connectivity index (χ4n) is 3.39. The van der Waals surface area contributed by atoms with Gasteiger partial charge in [-0.1, -0.05) is 17.7 Å². The van der Waals surface area contributed by atoms with Gasteiger partial charge in [-0.05, 0) is 56.2 Å². The summed E-state index contributed by atoms with van der Waals surface area (Å²) in [6.07, 6.45) is 1.39. The van der Waals surface area contributed by atoms with Gasteiger partial charge < -0.3 is 15.1 Å². The molecule has 0 aromatic heterocycles. The lowest BCUT2D eigenvalue weighted by atomic mass is 9.95. The average molecular weight is 365 g/mol. The summed E-state index contributed by atoms with van der Waals surface area (Å²) in [5.41, 5.74) is 3.70. The monoisotopic (exact) mass is 365 g/mol. The number of carbonyl (C=O) groups excluding carboxylic acids is 2. The first-order valence-electron chi connectivity index (χ1n) is 9.38. The number of carbonyl (C=O) groups is 2. The first kappa shape index (κ1) is 19.0. The summed E-state index contributed by atoms with van der Waals surface area (Å²) in [5.74, 6) is 0.0344. The molecule has 2 aromatic carbocycles. The fraction of sp³-hybridized carbons (Fsp3) is 0.364. The predicted octanol–water partition coefficient (Wildman–Crippen LogP) is 3.55. The van der Waals surface area contributed by atoms with E-state index in [2.05, 4.69) is 5.32 Å². The molecular formula is C22H27N3O2. The van der Waals surface area contributed by atoms with E-state index < -0.39 is 0 Å². The Kier molecular flexibility index (Phi) is 5.79. The summed E-state index contributed by atoms with van der Waals surface area (Å²) in [5, 5.41) is 3.00. The van der Waals surface area contributed by atoms with Gasteiger partial charge in [0.2, 0.25) is 5.91 Å². The lowest BCUT2D eigenvalue weighted by molar-refractivity contribution is -0.121. The van der Waals surface area contributed by atoms with Gasteiger partial charge in [0.15, 0.2) is 0 Å². The number of aryl methyl sites for hydroxylation is 1. The van der Waals surface area contributed by atoms with Crippen LogP contribution >= 0.6 is 0 Å². The minimum absolute atomic E-state index is 0.0373. The van der Waals surface area contributed by atoms with E-state index >= 15 is 0 Å². The number of likely N-dealkylation sites (tertiary alicyclic amines) is 1. The van der Waals surface area contributed by atoms with Crippen LogP contribution in [0.4, 0.5) is 11.4 Å². The number of anilines is 2. The van der Waals surface area contributed by atoms with Crippen LogP contribution in [0.3, 0.4) is 0 Å². The van der Waals surface area contributed by atoms with Gasteiger partial charge >= 0.3 is 0 Å². The van der Waals surface area contributed by atoms with Crippen LogP contribution < -0.4 is 10.2 Å². The van der Waals surface area contributed by atoms with E-state index in [1.807, 2.05) is 79.3 Å². The van der Waals surface area contributed by atoms with Gasteiger partial charge in [-0.3, -0.25) is 9.59 Å². The second-order valence-corrected chi connectivity index (χ2v) is 7.37. The molecule has 3 rings (SSSR count). The standard InChI is InChI=1S/C22H27N3O2/c1-16-5-4-6-18(15-16)22(27)25-13-11-17(12-14-25)21(26)23-19-7-9-20(10-8-19)24(2)3/h4-10,15,17H,11-14H2,1-3H3,(H,23,26). The molecule has 0 spiro atoms. The first-order chi connectivity index (χ1) is 12.9. The van der Waals surface area contributed by atoms with Crippen molar-refractivity contribution in [3.8, 4) is 0 Å². The van der Waals surface area contributed by atoms with Crippen molar-refractivity contribution in [2.24, 2.45) is 5.92 Å². The minimum atomic E-state index is -0.0555. The Hall–Kier alpha value is -2.82. The van der Waals surface area contributed by atoms with E-state index in [0.717, 1.165) is 22.5 Å². The maximum Gasteiger partial charge on any atom is 0.253 e. The van der Waals surface area contributed by atoms with Gasteiger partial charge in [0.05, 0.1) is 0 Å². The Labute approximate surface area is 161 Å². The molecule has 1 aliphatic rings. The lowest BCUT2D eigenvalue weighted by Crippen LogP contribution is -2.41. The molecule has 1 fully saturated rings. The summed E-state index contributed by atoms with van der Waals surface area (Å²) < 4.78 is 0. The topological polar surface area (TPSA) is 52.7 Å². The summed E-state index contributed by atoms with van der Waals surface area (Å²) in [4.78, 5) is 29.1. The van der Waals surface area contributed by atoms with Crippen LogP contribution in [-0.2, 0) is 4.79 Å². The SMILES string of the molecule is Cc1cccc(C(=O)N2CCC(C(=O)Nc3ccc(N(C)C)cc3)CC2)c1. The molecular weight excluding hydrogens is 338 g/mol. The van der Waals surface area contributed by atoms with E-state index in [1.54, 1.807) is 0 Å². The normalized spacial score (nSPS) is 14.7. The first-order valence-corrected chi connectivity index (χ1v) is 9.38. The van der Waals surface area contributed by atoms with Crippen molar-refractivity contribution in [2.45, 2.75) is 19.8 Å². The van der Waals surface area contributed by atoms with Crippen molar-refractivity contribution < 1.29 is 9.59 Å². The molecule has 5 nitrogen and oxygen atoms in total. The van der Waals surface area contributed by atoms with E-state index in [9.17, 15) is 9.59 Å². The summed E-state index contributed by atoms with van der Waals surface area (Å²) in [7, 11) is 3.97. The molecule has 0 saturated carbocycles. The molecule has 27 heavy (non-hydrogen) atoms. The van der Waals surface area contributed by atoms with E-state index in [0.29, 0.717) is 25.9 Å². The van der Waals surface area contributed by atoms with Gasteiger partial charge in [-0.15, -0.1) is 0 Å². The molecule has 1 N–H and O–H groups in total. The Morgan fingerprint density at radius 1 is 1.04 bits per heavy atom. The van der Waals surface area contributed by atoms with Crippen molar-refractivity contribution in [3.05, 3.63) is 59.7 Å². The smallest absolute Gasteiger partial charge is 0.253 e. The van der Waals surface area contributed by atoms with Crippen molar-refractivity contribution in [1.29, 1.82) is 0 Å². The number of rotatable bonds is 4. The summed E-state index contributed by atoms with van der Waals surface area (Å²) >= 11 is 0. The van der Waals surface area contributed by atoms with Crippen LogP contribution in [0, 0.1) is 12.8 Å². The van der Waals surface area contributed by atoms with Crippen molar-refractivity contribution in [2.75, 3.05) is 37.4 Å². The molecule has 1 heterocycles. The molecule has 5 heteroatoms. The highest BCUT2D eigenvalue weighted by atomic mass is 16.2. The number of nitrogens with zero attached hydrogens (tertiary/aromatic N) is 2. The van der Waals surface area contributed by atoms with Gasteiger partial charge in [-0.25, -0.2) is 0 Å². The molecule has 142 valence electrons. The number of hydrogen-bond acceptors (Lipinski definition) is 3. The van der Waals surface area contributed by atoms with Crippen LogP contribution in [0.2, 0.25) is 0 Å². The minimum Gasteiger partial charge on any atom is -0.378 e. The van der Waals surface area contributed by atoms with Crippen LogP contribution in [0.15, 0.2) is 48.5 Å². The molecule has 1 aliphatic heterocycles. The van der Waals surface area contributed by atoms with E-state index in [1.165, 1.54) is 0 Å². The van der Waals surface area contributed by atoms with Crippen molar-refractivity contribution in [3.63, 3.8) is 0 Å². The van der Waals surface area contributed by atoms with Crippen LogP contribution in [0.5, 0.6) is 0 Å². The number of amides is 2. The van der Waals surface area contributed by atoms with Crippen LogP contribution in [0.1, 0.15) is 28.8 Å². The molecule has 0 radical (unpaired) electrons. The zero-order valence-corrected chi connectivity index (χ0v) is 16.2. The maximum absolute atomic E-state index is 12.6. The highest BCUT2D eigenvalue weighted by Crippen LogP contribution is 2.22. The van der Waals surface area contributed by atoms with Crippen LogP contribution in [-0.4, -0.2) is 43.9 Å². The van der Waals surface area contributed by atoms with Gasteiger partial charge in [0, 0.05) is 50.0 Å². The fourth-order valence-corrected chi connectivity index (χ4v) is 3.39. The number of hydrogen-bond donors (Lipinski definition) is 1. The third-order valence-corrected chi connectivity index (χ3v) is 5.07.